The van der Waals surface area contributed by atoms with Crippen molar-refractivity contribution in [1.29, 1.82) is 0 Å². The summed E-state index contributed by atoms with van der Waals surface area (Å²) in [6.07, 6.45) is 3.05. The molecule has 1 aliphatic heterocycles. The zero-order valence-electron chi connectivity index (χ0n) is 33.0. The van der Waals surface area contributed by atoms with Gasteiger partial charge < -0.3 is 40.0 Å². The molecule has 3 heterocycles. The summed E-state index contributed by atoms with van der Waals surface area (Å²) >= 11 is 1.47. The predicted molar refractivity (Wildman–Crippen MR) is 213 cm³/mol. The fourth-order valence-electron chi connectivity index (χ4n) is 7.78. The van der Waals surface area contributed by atoms with Crippen molar-refractivity contribution in [3.8, 4) is 22.9 Å². The number of carbonyl (C=O) groups excluding carboxylic acids is 3. The maximum absolute atomic E-state index is 14.7. The summed E-state index contributed by atoms with van der Waals surface area (Å²) in [5, 5.41) is 11.2. The van der Waals surface area contributed by atoms with Gasteiger partial charge in [-0.1, -0.05) is 34.1 Å². The second kappa shape index (κ2) is 15.9. The lowest BCUT2D eigenvalue weighted by Crippen LogP contribution is -2.58. The molecule has 300 valence electrons. The van der Waals surface area contributed by atoms with E-state index in [0.717, 1.165) is 30.8 Å². The monoisotopic (exact) mass is 798 g/mol. The molecule has 0 spiro atoms. The molecule has 4 N–H and O–H groups in total. The Morgan fingerprint density at radius 1 is 1.11 bits per heavy atom. The minimum Gasteiger partial charge on any atom is -0.497 e. The van der Waals surface area contributed by atoms with Crippen molar-refractivity contribution in [3.05, 3.63) is 29.6 Å². The number of carbonyl (C=O) groups is 3. The van der Waals surface area contributed by atoms with E-state index in [4.69, 9.17) is 24.2 Å². The van der Waals surface area contributed by atoms with E-state index in [1.165, 1.54) is 22.9 Å². The summed E-state index contributed by atoms with van der Waals surface area (Å²) < 4.78 is 31.1. The Balaban J connectivity index is 1.33. The fourth-order valence-corrected chi connectivity index (χ4v) is 10.4. The molecule has 6 rings (SSSR count). The average molecular weight is 799 g/mol. The molecule has 55 heavy (non-hydrogen) atoms. The van der Waals surface area contributed by atoms with Crippen LogP contribution >= 0.6 is 18.7 Å². The van der Waals surface area contributed by atoms with Crippen LogP contribution < -0.4 is 25.4 Å². The van der Waals surface area contributed by atoms with Crippen LogP contribution in [-0.4, -0.2) is 93.6 Å². The van der Waals surface area contributed by atoms with E-state index in [9.17, 15) is 23.8 Å². The first-order valence-corrected chi connectivity index (χ1v) is 22.2. The molecule has 0 radical (unpaired) electrons. The van der Waals surface area contributed by atoms with Gasteiger partial charge in [-0.15, -0.1) is 11.3 Å². The Morgan fingerprint density at radius 2 is 1.84 bits per heavy atom. The second-order valence-corrected chi connectivity index (χ2v) is 20.0. The third-order valence-electron chi connectivity index (χ3n) is 10.9. The number of thiazole rings is 1. The summed E-state index contributed by atoms with van der Waals surface area (Å²) in [4.78, 5) is 64.0. The number of ether oxygens (including phenoxy) is 3. The van der Waals surface area contributed by atoms with E-state index in [-0.39, 0.29) is 31.0 Å². The lowest BCUT2D eigenvalue weighted by Gasteiger charge is -2.35. The molecule has 3 fully saturated rings. The molecule has 2 aliphatic carbocycles. The Morgan fingerprint density at radius 3 is 2.45 bits per heavy atom. The van der Waals surface area contributed by atoms with Crippen LogP contribution in [0.4, 0.5) is 9.93 Å². The number of anilines is 1. The molecule has 16 heteroatoms. The number of amides is 3. The van der Waals surface area contributed by atoms with Crippen molar-refractivity contribution in [3.63, 3.8) is 0 Å². The first-order valence-electron chi connectivity index (χ1n) is 19.2. The lowest BCUT2D eigenvalue weighted by atomic mass is 9.85. The van der Waals surface area contributed by atoms with Gasteiger partial charge in [0.2, 0.25) is 19.2 Å². The molecule has 6 atom stereocenters. The molecule has 1 saturated heterocycles. The summed E-state index contributed by atoms with van der Waals surface area (Å²) in [7, 11) is -2.18. The Kier molecular flexibility index (Phi) is 11.8. The number of hydrogen-bond donors (Lipinski definition) is 4. The van der Waals surface area contributed by atoms with E-state index < -0.39 is 54.2 Å². The minimum absolute atomic E-state index is 0.0183. The summed E-state index contributed by atoms with van der Waals surface area (Å²) in [5.41, 5.74) is 1.08. The van der Waals surface area contributed by atoms with Crippen LogP contribution in [0.15, 0.2) is 29.6 Å². The highest BCUT2D eigenvalue weighted by Gasteiger charge is 2.64. The van der Waals surface area contributed by atoms with Crippen molar-refractivity contribution in [1.82, 2.24) is 25.5 Å². The minimum atomic E-state index is -3.76. The molecule has 2 saturated carbocycles. The summed E-state index contributed by atoms with van der Waals surface area (Å²) in [6.45, 7) is 12.8. The lowest BCUT2D eigenvalue weighted by molar-refractivity contribution is -0.142. The highest BCUT2D eigenvalue weighted by molar-refractivity contribution is 7.59. The zero-order chi connectivity index (χ0) is 39.9. The van der Waals surface area contributed by atoms with E-state index in [1.54, 1.807) is 7.11 Å². The van der Waals surface area contributed by atoms with Gasteiger partial charge in [0, 0.05) is 42.0 Å². The van der Waals surface area contributed by atoms with Gasteiger partial charge in [-0.2, -0.15) is 0 Å². The molecule has 1 aromatic carbocycles. The Bertz CT molecular complexity index is 1960. The second-order valence-electron chi connectivity index (χ2n) is 16.6. The predicted octanol–water partition coefficient (Wildman–Crippen LogP) is 6.76. The van der Waals surface area contributed by atoms with Gasteiger partial charge >= 0.3 is 6.09 Å². The van der Waals surface area contributed by atoms with Gasteiger partial charge in [-0.25, -0.2) is 14.8 Å². The first kappa shape index (κ1) is 40.7. The number of rotatable bonds is 13. The zero-order valence-corrected chi connectivity index (χ0v) is 34.7. The molecular weight excluding hydrogens is 744 g/mol. The van der Waals surface area contributed by atoms with E-state index in [0.29, 0.717) is 46.6 Å². The number of aromatic nitrogens is 2. The van der Waals surface area contributed by atoms with Crippen LogP contribution in [0.2, 0.25) is 0 Å². The van der Waals surface area contributed by atoms with Crippen molar-refractivity contribution in [2.75, 3.05) is 25.6 Å². The normalized spacial score (nSPS) is 24.3. The molecule has 0 bridgehead atoms. The van der Waals surface area contributed by atoms with E-state index >= 15 is 0 Å². The maximum atomic E-state index is 14.7. The number of methoxy groups -OCH3 is 1. The number of nitrogens with zero attached hydrogens (tertiary/aromatic N) is 3. The smallest absolute Gasteiger partial charge is 0.408 e. The van der Waals surface area contributed by atoms with Gasteiger partial charge in [-0.3, -0.25) is 14.2 Å². The van der Waals surface area contributed by atoms with E-state index in [2.05, 4.69) is 16.0 Å². The van der Waals surface area contributed by atoms with Crippen molar-refractivity contribution >= 4 is 52.6 Å². The number of benzene rings is 1. The third kappa shape index (κ3) is 8.89. The molecule has 1 unspecified atom stereocenters. The van der Waals surface area contributed by atoms with Crippen LogP contribution in [0.3, 0.4) is 0 Å². The summed E-state index contributed by atoms with van der Waals surface area (Å²) in [6, 6.07) is 5.40. The molecule has 3 aromatic rings. The highest BCUT2D eigenvalue weighted by Crippen LogP contribution is 2.68. The van der Waals surface area contributed by atoms with Crippen LogP contribution in [0.1, 0.15) is 86.5 Å². The molecular formula is C39H55N6O8PS. The maximum Gasteiger partial charge on any atom is 0.408 e. The number of nitrogens with one attached hydrogen (secondary N) is 3. The molecule has 3 aliphatic rings. The van der Waals surface area contributed by atoms with E-state index in [1.807, 2.05) is 71.2 Å². The van der Waals surface area contributed by atoms with Gasteiger partial charge in [0.1, 0.15) is 46.8 Å². The molecule has 2 aromatic heterocycles. The third-order valence-corrected chi connectivity index (χ3v) is 13.8. The topological polar surface area (TPSA) is 181 Å². The van der Waals surface area contributed by atoms with Crippen LogP contribution in [0.5, 0.6) is 11.5 Å². The van der Waals surface area contributed by atoms with Crippen LogP contribution in [0.25, 0.3) is 22.3 Å². The fraction of sp³-hybridized carbons (Fsp3) is 0.615. The number of hydrogen-bond acceptors (Lipinski definition) is 11. The van der Waals surface area contributed by atoms with Gasteiger partial charge in [0.15, 0.2) is 5.13 Å². The Hall–Kier alpha value is -3.94. The van der Waals surface area contributed by atoms with Gasteiger partial charge in [-0.05, 0) is 69.4 Å². The highest BCUT2D eigenvalue weighted by atomic mass is 32.1. The molecule has 3 amide bonds. The standard InChI is InChI=1S/C39H55N6O8PS/c1-9-23-19-39(23,54(8,49)50)44-34(46)31-17-26(20-45(31)35(47)33(38(4,5)6)43-37(48)53-24-12-10-11-13-24)52-32-18-29(30-21-55-36(42-30)40-22(2)3)41-28-16-25(51-7)14-15-27(28)32/h14-16,18,21-24,26,31,33H,9-13,17,19-20H2,1-8H3,(H,40,42)(H,43,48)(H,44,46)(H,49,50)/t23-,26-,31+,33-,39+/m1/s1. The largest absolute Gasteiger partial charge is 0.497 e. The number of alkyl carbamates (subject to hydrolysis) is 1. The van der Waals surface area contributed by atoms with Crippen molar-refractivity contribution in [2.24, 2.45) is 11.3 Å². The Labute approximate surface area is 326 Å². The van der Waals surface area contributed by atoms with Crippen LogP contribution in [0, 0.1) is 11.3 Å². The van der Waals surface area contributed by atoms with Crippen LogP contribution in [-0.2, 0) is 18.9 Å². The van der Waals surface area contributed by atoms with Gasteiger partial charge in [0.05, 0.1) is 24.9 Å². The molecule has 14 nitrogen and oxygen atoms in total. The quantitative estimate of drug-likeness (QED) is 0.134. The first-order chi connectivity index (χ1) is 25.9. The average Bonchev–Trinajstić information content (AvgIpc) is 3.50. The number of pyridine rings is 1. The SMILES string of the molecule is CC[C@@H]1C[C@]1(NC(=O)[C@@H]1C[C@@H](Oc2cc(-c3csc(NC(C)C)n3)nc3cc(OC)ccc23)CN1C(=O)[C@@H](NC(=O)OC1CCCC1)C(C)(C)C)P(C)(=O)O. The van der Waals surface area contributed by atoms with Gasteiger partial charge in [0.25, 0.3) is 0 Å². The number of fused-ring (bicyclic) bond motifs is 1. The van der Waals surface area contributed by atoms with Crippen molar-refractivity contribution in [2.45, 2.75) is 122 Å². The summed E-state index contributed by atoms with van der Waals surface area (Å²) in [5.74, 6) is -0.0756. The van der Waals surface area contributed by atoms with Crippen molar-refractivity contribution < 1.29 is 38.1 Å². The number of likely N-dealkylation sites (tertiary alicyclic amines) is 1.